The van der Waals surface area contributed by atoms with Gasteiger partial charge in [-0.2, -0.15) is 0 Å². The van der Waals surface area contributed by atoms with Crippen molar-refractivity contribution in [1.82, 2.24) is 0 Å². The van der Waals surface area contributed by atoms with E-state index >= 15 is 0 Å². The molecule has 1 atom stereocenters. The third-order valence-corrected chi connectivity index (χ3v) is 5.14. The topological polar surface area (TPSA) is 136 Å². The number of aliphatic hydroxyl groups is 1. The molecule has 0 aromatic heterocycles. The Kier molecular flexibility index (Phi) is 6.50. The summed E-state index contributed by atoms with van der Waals surface area (Å²) in [6.07, 6.45) is 0. The van der Waals surface area contributed by atoms with E-state index in [2.05, 4.69) is 10.6 Å². The van der Waals surface area contributed by atoms with Gasteiger partial charge in [-0.3, -0.25) is 4.79 Å². The van der Waals surface area contributed by atoms with Crippen molar-refractivity contribution in [1.29, 1.82) is 0 Å². The number of carbonyl (C=O) groups excluding carboxylic acids is 1. The molecule has 3 aromatic rings. The molecule has 0 bridgehead atoms. The van der Waals surface area contributed by atoms with Gasteiger partial charge in [0.2, 0.25) is 0 Å². The Morgan fingerprint density at radius 3 is 1.70 bits per heavy atom. The zero-order valence-corrected chi connectivity index (χ0v) is 18.3. The molecule has 8 heteroatoms. The van der Waals surface area contributed by atoms with Gasteiger partial charge in [0.25, 0.3) is 5.91 Å². The lowest BCUT2D eigenvalue weighted by molar-refractivity contribution is 0.0650. The van der Waals surface area contributed by atoms with Crippen LogP contribution in [0.3, 0.4) is 0 Å². The Hall–Kier alpha value is -4.17. The van der Waals surface area contributed by atoms with Crippen molar-refractivity contribution in [3.05, 3.63) is 94.0 Å². The monoisotopic (exact) mass is 448 g/mol. The fourth-order valence-electron chi connectivity index (χ4n) is 3.36. The van der Waals surface area contributed by atoms with Crippen LogP contribution < -0.4 is 10.6 Å². The minimum atomic E-state index is -1.93. The molecule has 0 aliphatic heterocycles. The van der Waals surface area contributed by atoms with Gasteiger partial charge in [-0.1, -0.05) is 35.4 Å². The third-order valence-electron chi connectivity index (χ3n) is 5.14. The SMILES string of the molecule is Cc1ccc(NC(=O)c2cc(C(C)(O)Nc3ccc(C)cc3)c(C(=O)O)cc2C(=O)O)cc1. The summed E-state index contributed by atoms with van der Waals surface area (Å²) in [5.74, 6) is -3.66. The number of anilines is 2. The normalized spacial score (nSPS) is 12.5. The minimum absolute atomic E-state index is 0.158. The number of carboxylic acids is 2. The summed E-state index contributed by atoms with van der Waals surface area (Å²) in [6, 6.07) is 15.9. The van der Waals surface area contributed by atoms with Gasteiger partial charge in [0.05, 0.1) is 16.7 Å². The zero-order chi connectivity index (χ0) is 24.3. The lowest BCUT2D eigenvalue weighted by Crippen LogP contribution is -2.34. The molecule has 5 N–H and O–H groups in total. The Bertz CT molecular complexity index is 1210. The minimum Gasteiger partial charge on any atom is -0.478 e. The Balaban J connectivity index is 2.09. The summed E-state index contributed by atoms with van der Waals surface area (Å²) >= 11 is 0. The molecule has 1 amide bonds. The van der Waals surface area contributed by atoms with Gasteiger partial charge in [-0.05, 0) is 57.2 Å². The first-order chi connectivity index (χ1) is 15.5. The first-order valence-corrected chi connectivity index (χ1v) is 10.1. The number of benzene rings is 3. The van der Waals surface area contributed by atoms with Crippen LogP contribution in [-0.2, 0) is 5.72 Å². The van der Waals surface area contributed by atoms with E-state index in [-0.39, 0.29) is 11.1 Å². The number of hydrogen-bond acceptors (Lipinski definition) is 5. The quantitative estimate of drug-likeness (QED) is 0.341. The largest absolute Gasteiger partial charge is 0.478 e. The molecule has 0 radical (unpaired) electrons. The fourth-order valence-corrected chi connectivity index (χ4v) is 3.36. The number of aromatic carboxylic acids is 2. The van der Waals surface area contributed by atoms with Crippen molar-refractivity contribution in [2.45, 2.75) is 26.5 Å². The zero-order valence-electron chi connectivity index (χ0n) is 18.3. The highest BCUT2D eigenvalue weighted by atomic mass is 16.4. The van der Waals surface area contributed by atoms with Gasteiger partial charge in [-0.25, -0.2) is 9.59 Å². The van der Waals surface area contributed by atoms with Crippen LogP contribution >= 0.6 is 0 Å². The van der Waals surface area contributed by atoms with Gasteiger partial charge >= 0.3 is 11.9 Å². The van der Waals surface area contributed by atoms with E-state index < -0.39 is 34.7 Å². The standard InChI is InChI=1S/C25H24N2O6/c1-14-4-8-16(9-5-14)26-22(28)18-13-21(20(24(31)32)12-19(18)23(29)30)25(3,33)27-17-10-6-15(2)7-11-17/h4-13,27,33H,1-3H3,(H,26,28)(H,29,30)(H,31,32). The van der Waals surface area contributed by atoms with E-state index in [0.717, 1.165) is 23.3 Å². The molecule has 1 unspecified atom stereocenters. The predicted octanol–water partition coefficient (Wildman–Crippen LogP) is 4.23. The Morgan fingerprint density at radius 2 is 1.21 bits per heavy atom. The number of amides is 1. The van der Waals surface area contributed by atoms with E-state index in [0.29, 0.717) is 11.4 Å². The second kappa shape index (κ2) is 9.13. The average Bonchev–Trinajstić information content (AvgIpc) is 2.75. The first kappa shape index (κ1) is 23.5. The molecule has 0 fully saturated rings. The Morgan fingerprint density at radius 1 is 0.727 bits per heavy atom. The van der Waals surface area contributed by atoms with Crippen LogP contribution in [0.5, 0.6) is 0 Å². The summed E-state index contributed by atoms with van der Waals surface area (Å²) in [5, 5.41) is 35.9. The lowest BCUT2D eigenvalue weighted by atomic mass is 9.91. The summed E-state index contributed by atoms with van der Waals surface area (Å²) in [4.78, 5) is 36.7. The highest BCUT2D eigenvalue weighted by Crippen LogP contribution is 2.30. The number of aryl methyl sites for hydroxylation is 2. The van der Waals surface area contributed by atoms with Gasteiger partial charge in [0.15, 0.2) is 5.72 Å². The second-order valence-corrected chi connectivity index (χ2v) is 7.94. The maximum atomic E-state index is 13.0. The third kappa shape index (κ3) is 5.36. The van der Waals surface area contributed by atoms with E-state index in [1.54, 1.807) is 36.4 Å². The predicted molar refractivity (Wildman–Crippen MR) is 124 cm³/mol. The van der Waals surface area contributed by atoms with Crippen LogP contribution in [0.4, 0.5) is 11.4 Å². The maximum Gasteiger partial charge on any atom is 0.336 e. The summed E-state index contributed by atoms with van der Waals surface area (Å²) in [5.41, 5.74) is -0.388. The molecule has 3 rings (SSSR count). The number of carboxylic acid groups (broad SMARTS) is 2. The molecular formula is C25H24N2O6. The molecular weight excluding hydrogens is 424 g/mol. The highest BCUT2D eigenvalue weighted by molar-refractivity contribution is 6.12. The number of nitrogens with one attached hydrogen (secondary N) is 2. The van der Waals surface area contributed by atoms with Crippen molar-refractivity contribution < 1.29 is 29.7 Å². The van der Waals surface area contributed by atoms with Crippen LogP contribution in [0.2, 0.25) is 0 Å². The fraction of sp³-hybridized carbons (Fsp3) is 0.160. The van der Waals surface area contributed by atoms with E-state index in [1.807, 2.05) is 26.0 Å². The van der Waals surface area contributed by atoms with Crippen LogP contribution in [0.15, 0.2) is 60.7 Å². The molecule has 8 nitrogen and oxygen atoms in total. The summed E-state index contributed by atoms with van der Waals surface area (Å²) in [7, 11) is 0. The molecule has 0 saturated heterocycles. The molecule has 0 saturated carbocycles. The van der Waals surface area contributed by atoms with Gasteiger partial charge in [0.1, 0.15) is 0 Å². The van der Waals surface area contributed by atoms with Crippen LogP contribution in [-0.4, -0.2) is 33.2 Å². The summed E-state index contributed by atoms with van der Waals surface area (Å²) < 4.78 is 0. The van der Waals surface area contributed by atoms with Crippen LogP contribution in [0, 0.1) is 13.8 Å². The molecule has 0 heterocycles. The molecule has 0 aliphatic rings. The number of rotatable bonds is 7. The number of carbonyl (C=O) groups is 3. The first-order valence-electron chi connectivity index (χ1n) is 10.1. The smallest absolute Gasteiger partial charge is 0.336 e. The van der Waals surface area contributed by atoms with Crippen molar-refractivity contribution in [2.75, 3.05) is 10.6 Å². The van der Waals surface area contributed by atoms with Gasteiger partial charge < -0.3 is 26.0 Å². The average molecular weight is 448 g/mol. The van der Waals surface area contributed by atoms with Crippen LogP contribution in [0.25, 0.3) is 0 Å². The molecule has 170 valence electrons. The van der Waals surface area contributed by atoms with Gasteiger partial charge in [-0.15, -0.1) is 0 Å². The lowest BCUT2D eigenvalue weighted by Gasteiger charge is -2.29. The van der Waals surface area contributed by atoms with Crippen molar-refractivity contribution in [3.63, 3.8) is 0 Å². The number of hydrogen-bond donors (Lipinski definition) is 5. The highest BCUT2D eigenvalue weighted by Gasteiger charge is 2.32. The molecule has 33 heavy (non-hydrogen) atoms. The Labute approximate surface area is 190 Å². The molecule has 0 spiro atoms. The van der Waals surface area contributed by atoms with Crippen molar-refractivity contribution >= 4 is 29.2 Å². The second-order valence-electron chi connectivity index (χ2n) is 7.94. The van der Waals surface area contributed by atoms with E-state index in [1.165, 1.54) is 6.92 Å². The maximum absolute atomic E-state index is 13.0. The molecule has 0 aliphatic carbocycles. The van der Waals surface area contributed by atoms with E-state index in [4.69, 9.17) is 0 Å². The van der Waals surface area contributed by atoms with E-state index in [9.17, 15) is 29.7 Å². The van der Waals surface area contributed by atoms with Crippen molar-refractivity contribution in [2.24, 2.45) is 0 Å². The summed E-state index contributed by atoms with van der Waals surface area (Å²) in [6.45, 7) is 5.11. The molecule has 3 aromatic carbocycles. The van der Waals surface area contributed by atoms with Gasteiger partial charge in [0, 0.05) is 16.9 Å². The van der Waals surface area contributed by atoms with Crippen molar-refractivity contribution in [3.8, 4) is 0 Å². The van der Waals surface area contributed by atoms with Crippen LogP contribution in [0.1, 0.15) is 54.7 Å².